The molecule has 6 atom stereocenters. The van der Waals surface area contributed by atoms with Gasteiger partial charge in [0.2, 0.25) is 7.59 Å². The zero-order chi connectivity index (χ0) is 26.4. The average molecular weight is 601 g/mol. The zero-order valence-electron chi connectivity index (χ0n) is 20.1. The lowest BCUT2D eigenvalue weighted by Gasteiger charge is -2.28. The van der Waals surface area contributed by atoms with Gasteiger partial charge in [0.25, 0.3) is 0 Å². The smallest absolute Gasteiger partial charge is 0.426 e. The summed E-state index contributed by atoms with van der Waals surface area (Å²) in [7, 11) is 0. The molecule has 0 aromatic carbocycles. The van der Waals surface area contributed by atoms with Gasteiger partial charge in [0.05, 0.1) is 0 Å². The molecule has 2 aliphatic rings. The first-order chi connectivity index (χ1) is 15.2. The fourth-order valence-corrected chi connectivity index (χ4v) is 6.10. The van der Waals surface area contributed by atoms with Crippen LogP contribution >= 0.6 is 69.6 Å². The molecule has 6 unspecified atom stereocenters. The van der Waals surface area contributed by atoms with Crippen molar-refractivity contribution in [1.82, 2.24) is 0 Å². The summed E-state index contributed by atoms with van der Waals surface area (Å²) in [6.07, 6.45) is -2.06. The van der Waals surface area contributed by atoms with Gasteiger partial charge in [-0.2, -0.15) is 0 Å². The van der Waals surface area contributed by atoms with Gasteiger partial charge in [-0.05, 0) is 61.2 Å². The van der Waals surface area contributed by atoms with Gasteiger partial charge in [0.1, 0.15) is 11.6 Å². The molecule has 11 heteroatoms. The van der Waals surface area contributed by atoms with E-state index >= 15 is 0 Å². The summed E-state index contributed by atoms with van der Waals surface area (Å²) >= 11 is 36.7. The summed E-state index contributed by atoms with van der Waals surface area (Å²) in [5.74, 6) is 0.389. The highest BCUT2D eigenvalue weighted by atomic mass is 35.6. The molecule has 0 bridgehead atoms. The summed E-state index contributed by atoms with van der Waals surface area (Å²) < 4.78 is 6.99. The number of ether oxygens (including phenoxy) is 2. The van der Waals surface area contributed by atoms with Crippen molar-refractivity contribution in [3.05, 3.63) is 0 Å². The Labute approximate surface area is 231 Å². The molecule has 0 N–H and O–H groups in total. The topological polar surface area (TPSA) is 69.7 Å². The second kappa shape index (κ2) is 10.6. The van der Waals surface area contributed by atoms with E-state index in [1.165, 1.54) is 13.8 Å². The zero-order valence-corrected chi connectivity index (χ0v) is 24.6. The molecule has 0 spiro atoms. The molecule has 2 rings (SSSR count). The van der Waals surface area contributed by atoms with Gasteiger partial charge in [-0.1, -0.05) is 97.3 Å². The summed E-state index contributed by atoms with van der Waals surface area (Å²) in [4.78, 5) is 35.9. The van der Waals surface area contributed by atoms with Gasteiger partial charge >= 0.3 is 6.16 Å². The number of Topliss-reactive ketones (excluding diaryl/α,β-unsaturated/α-hetero) is 2. The van der Waals surface area contributed by atoms with Crippen LogP contribution in [0, 0.1) is 34.5 Å². The molecule has 2 saturated carbocycles. The molecule has 196 valence electrons. The number of hydrogen-bond donors (Lipinski definition) is 0. The number of rotatable bonds is 10. The maximum Gasteiger partial charge on any atom is 0.509 e. The van der Waals surface area contributed by atoms with E-state index in [0.29, 0.717) is 12.8 Å². The van der Waals surface area contributed by atoms with Crippen LogP contribution in [0.1, 0.15) is 67.2 Å². The number of ketones is 2. The van der Waals surface area contributed by atoms with Crippen molar-refractivity contribution in [2.75, 3.05) is 0 Å². The standard InChI is InChI=1S/C23H32Cl6O5/c1-11(30)7-13-15(20(13,3)4)9-17(22(24,25)26)33-19(32)34-18(23(27,28)29)10-16-14(8-12(2)31)21(16,5)6/h13-18H,7-10H2,1-6H3. The summed E-state index contributed by atoms with van der Waals surface area (Å²) in [6, 6.07) is 0. The van der Waals surface area contributed by atoms with Crippen LogP contribution in [0.3, 0.4) is 0 Å². The van der Waals surface area contributed by atoms with Crippen molar-refractivity contribution >= 4 is 87.3 Å². The molecule has 0 aromatic rings. The monoisotopic (exact) mass is 598 g/mol. The Hall–Kier alpha value is 0.350. The number of hydrogen-bond acceptors (Lipinski definition) is 5. The van der Waals surface area contributed by atoms with Crippen LogP contribution < -0.4 is 0 Å². The molecular formula is C23H32Cl6O5. The highest BCUT2D eigenvalue weighted by Gasteiger charge is 2.61. The van der Waals surface area contributed by atoms with E-state index in [1.54, 1.807) is 0 Å². The second-order valence-corrected chi connectivity index (χ2v) is 15.6. The normalized spacial score (nSPS) is 29.1. The Balaban J connectivity index is 2.06. The average Bonchev–Trinajstić information content (AvgIpc) is 3.32. The summed E-state index contributed by atoms with van der Waals surface area (Å²) in [5, 5.41) is 0. The van der Waals surface area contributed by atoms with E-state index in [1.807, 2.05) is 27.7 Å². The lowest BCUT2D eigenvalue weighted by Crippen LogP contribution is -2.37. The molecule has 0 radical (unpaired) electrons. The molecule has 0 aromatic heterocycles. The van der Waals surface area contributed by atoms with Crippen molar-refractivity contribution in [2.24, 2.45) is 34.5 Å². The fourth-order valence-electron chi connectivity index (χ4n) is 5.30. The van der Waals surface area contributed by atoms with Crippen LogP contribution in [0.25, 0.3) is 0 Å². The third kappa shape index (κ3) is 7.68. The van der Waals surface area contributed by atoms with Gasteiger partial charge in [0.15, 0.2) is 12.2 Å². The largest absolute Gasteiger partial charge is 0.509 e. The summed E-state index contributed by atoms with van der Waals surface area (Å²) in [5.41, 5.74) is -0.313. The SMILES string of the molecule is CC(=O)CC1C(CC(OC(=O)OC(CC2C(CC(C)=O)C2(C)C)C(Cl)(Cl)Cl)C(Cl)(Cl)Cl)C1(C)C. The minimum Gasteiger partial charge on any atom is -0.426 e. The molecule has 5 nitrogen and oxygen atoms in total. The van der Waals surface area contributed by atoms with E-state index in [2.05, 4.69) is 0 Å². The van der Waals surface area contributed by atoms with E-state index in [9.17, 15) is 14.4 Å². The number of halogens is 6. The molecule has 0 aliphatic heterocycles. The molecular weight excluding hydrogens is 569 g/mol. The maximum atomic E-state index is 12.7. The van der Waals surface area contributed by atoms with Crippen LogP contribution in [0.4, 0.5) is 4.79 Å². The predicted octanol–water partition coefficient (Wildman–Crippen LogP) is 7.90. The minimum atomic E-state index is -1.92. The first kappa shape index (κ1) is 30.6. The molecule has 0 heterocycles. The number of carbonyl (C=O) groups is 3. The Bertz CT molecular complexity index is 737. The van der Waals surface area contributed by atoms with E-state index < -0.39 is 25.9 Å². The first-order valence-corrected chi connectivity index (χ1v) is 13.4. The Morgan fingerprint density at radius 2 is 0.971 bits per heavy atom. The number of carbonyl (C=O) groups excluding carboxylic acids is 3. The maximum absolute atomic E-state index is 12.7. The third-order valence-electron chi connectivity index (χ3n) is 7.73. The van der Waals surface area contributed by atoms with Gasteiger partial charge in [-0.25, -0.2) is 4.79 Å². The van der Waals surface area contributed by atoms with Crippen LogP contribution in [-0.2, 0) is 19.1 Å². The second-order valence-electron chi connectivity index (χ2n) is 10.9. The van der Waals surface area contributed by atoms with Crippen molar-refractivity contribution in [1.29, 1.82) is 0 Å². The van der Waals surface area contributed by atoms with E-state index in [4.69, 9.17) is 79.1 Å². The Morgan fingerprint density at radius 3 is 1.21 bits per heavy atom. The molecule has 34 heavy (non-hydrogen) atoms. The summed E-state index contributed by atoms with van der Waals surface area (Å²) in [6.45, 7) is 11.1. The van der Waals surface area contributed by atoms with Crippen molar-refractivity contribution in [3.8, 4) is 0 Å². The Kier molecular flexibility index (Phi) is 9.54. The molecule has 2 fully saturated rings. The fraction of sp³-hybridized carbons (Fsp3) is 0.870. The van der Waals surface area contributed by atoms with Crippen molar-refractivity contribution < 1.29 is 23.9 Å². The first-order valence-electron chi connectivity index (χ1n) is 11.2. The number of alkyl halides is 6. The highest BCUT2D eigenvalue weighted by molar-refractivity contribution is 6.68. The quantitative estimate of drug-likeness (QED) is 0.188. The highest BCUT2D eigenvalue weighted by Crippen LogP contribution is 2.64. The third-order valence-corrected chi connectivity index (χ3v) is 9.19. The van der Waals surface area contributed by atoms with Crippen molar-refractivity contribution in [2.45, 2.75) is 87.0 Å². The van der Waals surface area contributed by atoms with Crippen molar-refractivity contribution in [3.63, 3.8) is 0 Å². The van der Waals surface area contributed by atoms with Gasteiger partial charge in [0, 0.05) is 12.8 Å². The predicted molar refractivity (Wildman–Crippen MR) is 137 cm³/mol. The van der Waals surface area contributed by atoms with Gasteiger partial charge in [-0.15, -0.1) is 0 Å². The molecule has 0 amide bonds. The molecule has 2 aliphatic carbocycles. The van der Waals surface area contributed by atoms with E-state index in [0.717, 1.165) is 0 Å². The van der Waals surface area contributed by atoms with Crippen LogP contribution in [0.5, 0.6) is 0 Å². The van der Waals surface area contributed by atoms with Gasteiger partial charge < -0.3 is 19.1 Å². The molecule has 0 saturated heterocycles. The van der Waals surface area contributed by atoms with Crippen LogP contribution in [-0.4, -0.2) is 37.5 Å². The van der Waals surface area contributed by atoms with Gasteiger partial charge in [-0.3, -0.25) is 0 Å². The Morgan fingerprint density at radius 1 is 0.676 bits per heavy atom. The van der Waals surface area contributed by atoms with E-state index in [-0.39, 0.29) is 58.9 Å². The minimum absolute atomic E-state index is 0.0217. The van der Waals surface area contributed by atoms with Crippen LogP contribution in [0.15, 0.2) is 0 Å². The lowest BCUT2D eigenvalue weighted by atomic mass is 10.0. The van der Waals surface area contributed by atoms with Crippen LogP contribution in [0.2, 0.25) is 0 Å². The lowest BCUT2D eigenvalue weighted by molar-refractivity contribution is -0.118.